The Bertz CT molecular complexity index is 1250. The highest BCUT2D eigenvalue weighted by Gasteiger charge is 2.10. The van der Waals surface area contributed by atoms with E-state index in [1.54, 1.807) is 11.0 Å². The van der Waals surface area contributed by atoms with E-state index < -0.39 is 0 Å². The summed E-state index contributed by atoms with van der Waals surface area (Å²) in [5, 5.41) is 4.67. The highest BCUT2D eigenvalue weighted by atomic mass is 35.5. The maximum atomic E-state index is 6.28. The van der Waals surface area contributed by atoms with Gasteiger partial charge in [-0.3, -0.25) is 9.25 Å². The van der Waals surface area contributed by atoms with Gasteiger partial charge in [0.25, 0.3) is 0 Å². The van der Waals surface area contributed by atoms with Crippen LogP contribution in [0.15, 0.2) is 73.6 Å². The standard InChI is InChI=1S/C20H15ClN6/c1-25-12-15(11-23-25)14-4-5-18-17(8-14)22-13-27(18)20-10-16(9-19(21)24-20)26-6-2-3-7-26/h2-13H,1H3. The van der Waals surface area contributed by atoms with Crippen molar-refractivity contribution >= 4 is 22.6 Å². The molecule has 5 aromatic rings. The first-order chi connectivity index (χ1) is 13.2. The highest BCUT2D eigenvalue weighted by molar-refractivity contribution is 6.29. The van der Waals surface area contributed by atoms with Crippen molar-refractivity contribution in [2.75, 3.05) is 0 Å². The Labute approximate surface area is 160 Å². The van der Waals surface area contributed by atoms with Gasteiger partial charge in [0, 0.05) is 37.3 Å². The second-order valence-electron chi connectivity index (χ2n) is 6.32. The van der Waals surface area contributed by atoms with Crippen molar-refractivity contribution in [3.63, 3.8) is 0 Å². The van der Waals surface area contributed by atoms with Crippen LogP contribution in [0.3, 0.4) is 0 Å². The van der Waals surface area contributed by atoms with Crippen LogP contribution >= 0.6 is 11.6 Å². The van der Waals surface area contributed by atoms with Crippen molar-refractivity contribution in [1.29, 1.82) is 0 Å². The van der Waals surface area contributed by atoms with Gasteiger partial charge in [0.2, 0.25) is 0 Å². The molecule has 0 aliphatic heterocycles. The van der Waals surface area contributed by atoms with E-state index in [1.807, 2.05) is 71.3 Å². The third-order valence-corrected chi connectivity index (χ3v) is 4.69. The molecule has 5 rings (SSSR count). The molecule has 6 nitrogen and oxygen atoms in total. The molecule has 4 aromatic heterocycles. The first kappa shape index (κ1) is 15.8. The minimum atomic E-state index is 0.435. The van der Waals surface area contributed by atoms with Gasteiger partial charge in [-0.15, -0.1) is 0 Å². The number of hydrogen-bond acceptors (Lipinski definition) is 3. The van der Waals surface area contributed by atoms with Crippen LogP contribution in [0.5, 0.6) is 0 Å². The summed E-state index contributed by atoms with van der Waals surface area (Å²) in [6.45, 7) is 0. The normalized spacial score (nSPS) is 11.3. The predicted molar refractivity (Wildman–Crippen MR) is 105 cm³/mol. The number of nitrogens with zero attached hydrogens (tertiary/aromatic N) is 6. The molecule has 0 aliphatic carbocycles. The van der Waals surface area contributed by atoms with Gasteiger partial charge in [0.1, 0.15) is 17.3 Å². The Morgan fingerprint density at radius 2 is 1.85 bits per heavy atom. The van der Waals surface area contributed by atoms with Crippen molar-refractivity contribution in [1.82, 2.24) is 28.9 Å². The number of halogens is 1. The molecule has 0 atom stereocenters. The van der Waals surface area contributed by atoms with Crippen LogP contribution in [-0.4, -0.2) is 28.9 Å². The second-order valence-corrected chi connectivity index (χ2v) is 6.70. The molecule has 0 saturated carbocycles. The lowest BCUT2D eigenvalue weighted by Crippen LogP contribution is -1.99. The van der Waals surface area contributed by atoms with Crippen LogP contribution in [-0.2, 0) is 7.05 Å². The molecule has 27 heavy (non-hydrogen) atoms. The first-order valence-electron chi connectivity index (χ1n) is 8.45. The average Bonchev–Trinajstić information content (AvgIpc) is 3.41. The third kappa shape index (κ3) is 2.80. The monoisotopic (exact) mass is 374 g/mol. The van der Waals surface area contributed by atoms with Gasteiger partial charge in [-0.1, -0.05) is 17.7 Å². The molecule has 0 spiro atoms. The Kier molecular flexibility index (Phi) is 3.58. The fourth-order valence-corrected chi connectivity index (χ4v) is 3.39. The molecular formula is C20H15ClN6. The number of imidazole rings is 1. The highest BCUT2D eigenvalue weighted by Crippen LogP contribution is 2.26. The molecule has 0 amide bonds. The summed E-state index contributed by atoms with van der Waals surface area (Å²) in [5.74, 6) is 0.725. The minimum absolute atomic E-state index is 0.435. The van der Waals surface area contributed by atoms with E-state index in [0.29, 0.717) is 5.15 Å². The summed E-state index contributed by atoms with van der Waals surface area (Å²) in [6.07, 6.45) is 9.55. The molecule has 0 unspecified atom stereocenters. The molecule has 0 bridgehead atoms. The van der Waals surface area contributed by atoms with E-state index in [2.05, 4.69) is 27.2 Å². The van der Waals surface area contributed by atoms with E-state index in [4.69, 9.17) is 11.6 Å². The van der Waals surface area contributed by atoms with Crippen molar-refractivity contribution in [3.05, 3.63) is 78.7 Å². The predicted octanol–water partition coefficient (Wildman–Crippen LogP) is 4.27. The van der Waals surface area contributed by atoms with E-state index in [9.17, 15) is 0 Å². The number of fused-ring (bicyclic) bond motifs is 1. The van der Waals surface area contributed by atoms with Crippen LogP contribution < -0.4 is 0 Å². The Morgan fingerprint density at radius 3 is 2.63 bits per heavy atom. The molecular weight excluding hydrogens is 360 g/mol. The lowest BCUT2D eigenvalue weighted by Gasteiger charge is -2.09. The maximum absolute atomic E-state index is 6.28. The van der Waals surface area contributed by atoms with Crippen molar-refractivity contribution in [2.45, 2.75) is 0 Å². The molecule has 7 heteroatoms. The zero-order valence-electron chi connectivity index (χ0n) is 14.5. The second kappa shape index (κ2) is 6.10. The molecule has 0 fully saturated rings. The minimum Gasteiger partial charge on any atom is -0.324 e. The van der Waals surface area contributed by atoms with E-state index >= 15 is 0 Å². The molecule has 0 saturated heterocycles. The first-order valence-corrected chi connectivity index (χ1v) is 8.83. The van der Waals surface area contributed by atoms with Crippen LogP contribution in [0, 0.1) is 0 Å². The molecule has 1 aromatic carbocycles. The van der Waals surface area contributed by atoms with E-state index in [1.165, 1.54) is 0 Å². The average molecular weight is 375 g/mol. The number of benzene rings is 1. The number of pyridine rings is 1. The lowest BCUT2D eigenvalue weighted by molar-refractivity contribution is 0.768. The van der Waals surface area contributed by atoms with Gasteiger partial charge in [-0.2, -0.15) is 5.10 Å². The summed E-state index contributed by atoms with van der Waals surface area (Å²) < 4.78 is 5.73. The fraction of sp³-hybridized carbons (Fsp3) is 0.0500. The van der Waals surface area contributed by atoms with Gasteiger partial charge >= 0.3 is 0 Å². The van der Waals surface area contributed by atoms with E-state index in [-0.39, 0.29) is 0 Å². The third-order valence-electron chi connectivity index (χ3n) is 4.50. The van der Waals surface area contributed by atoms with Gasteiger partial charge in [0.15, 0.2) is 0 Å². The number of aromatic nitrogens is 6. The Hall–Kier alpha value is -3.38. The number of hydrogen-bond donors (Lipinski definition) is 0. The number of aryl methyl sites for hydroxylation is 1. The van der Waals surface area contributed by atoms with Gasteiger partial charge in [-0.05, 0) is 35.9 Å². The van der Waals surface area contributed by atoms with Gasteiger partial charge in [-0.25, -0.2) is 9.97 Å². The van der Waals surface area contributed by atoms with E-state index in [0.717, 1.165) is 33.7 Å². The maximum Gasteiger partial charge on any atom is 0.142 e. The van der Waals surface area contributed by atoms with Crippen molar-refractivity contribution in [3.8, 4) is 22.6 Å². The van der Waals surface area contributed by atoms with Crippen molar-refractivity contribution in [2.24, 2.45) is 7.05 Å². The zero-order valence-corrected chi connectivity index (χ0v) is 15.2. The summed E-state index contributed by atoms with van der Waals surface area (Å²) in [6, 6.07) is 13.9. The van der Waals surface area contributed by atoms with Crippen molar-refractivity contribution < 1.29 is 0 Å². The molecule has 0 radical (unpaired) electrons. The zero-order chi connectivity index (χ0) is 18.4. The lowest BCUT2D eigenvalue weighted by atomic mass is 10.1. The molecule has 0 aliphatic rings. The Morgan fingerprint density at radius 1 is 1.00 bits per heavy atom. The molecule has 132 valence electrons. The smallest absolute Gasteiger partial charge is 0.142 e. The van der Waals surface area contributed by atoms with Crippen LogP contribution in [0.25, 0.3) is 33.7 Å². The molecule has 4 heterocycles. The largest absolute Gasteiger partial charge is 0.324 e. The van der Waals surface area contributed by atoms with Crippen LogP contribution in [0.1, 0.15) is 0 Å². The van der Waals surface area contributed by atoms with Crippen LogP contribution in [0.2, 0.25) is 5.15 Å². The summed E-state index contributed by atoms with van der Waals surface area (Å²) >= 11 is 6.28. The Balaban J connectivity index is 1.62. The molecule has 0 N–H and O–H groups in total. The fourth-order valence-electron chi connectivity index (χ4n) is 3.19. The SMILES string of the molecule is Cn1cc(-c2ccc3c(c2)ncn3-c2cc(-n3cccc3)cc(Cl)n2)cn1. The van der Waals surface area contributed by atoms with Gasteiger partial charge in [0.05, 0.1) is 22.9 Å². The summed E-state index contributed by atoms with van der Waals surface area (Å²) in [5.41, 5.74) is 4.94. The van der Waals surface area contributed by atoms with Gasteiger partial charge < -0.3 is 4.57 Å². The summed E-state index contributed by atoms with van der Waals surface area (Å²) in [4.78, 5) is 9.04. The number of rotatable bonds is 3. The quantitative estimate of drug-likeness (QED) is 0.443. The summed E-state index contributed by atoms with van der Waals surface area (Å²) in [7, 11) is 1.91. The van der Waals surface area contributed by atoms with Crippen LogP contribution in [0.4, 0.5) is 0 Å². The topological polar surface area (TPSA) is 53.5 Å².